The Morgan fingerprint density at radius 3 is 2.70 bits per heavy atom. The third kappa shape index (κ3) is 4.31. The molecule has 1 aliphatic heterocycles. The Balaban J connectivity index is 1.80. The molecule has 0 atom stereocenters. The van der Waals surface area contributed by atoms with Crippen molar-refractivity contribution >= 4 is 27.0 Å². The Morgan fingerprint density at radius 2 is 2.00 bits per heavy atom. The summed E-state index contributed by atoms with van der Waals surface area (Å²) in [7, 11) is -1.61. The van der Waals surface area contributed by atoms with Gasteiger partial charge in [-0.05, 0) is 31.0 Å². The van der Waals surface area contributed by atoms with E-state index in [9.17, 15) is 13.2 Å². The number of aryl methyl sites for hydroxylation is 2. The third-order valence-corrected chi connectivity index (χ3v) is 6.83. The summed E-state index contributed by atoms with van der Waals surface area (Å²) in [4.78, 5) is 16.6. The quantitative estimate of drug-likeness (QED) is 0.721. The van der Waals surface area contributed by atoms with Crippen molar-refractivity contribution < 1.29 is 13.2 Å². The number of hydrogen-bond donors (Lipinski definition) is 2. The summed E-state index contributed by atoms with van der Waals surface area (Å²) in [5.74, 6) is 0.682. The molecule has 1 aromatic carbocycles. The highest BCUT2D eigenvalue weighted by Gasteiger charge is 2.26. The lowest BCUT2D eigenvalue weighted by Gasteiger charge is -2.25. The number of carbonyl (C=O) groups excluding carboxylic acids is 1. The molecule has 1 aromatic heterocycles. The van der Waals surface area contributed by atoms with Crippen LogP contribution in [0.4, 0.5) is 0 Å². The number of sulfonamides is 1. The van der Waals surface area contributed by atoms with Crippen molar-refractivity contribution in [2.24, 2.45) is 12.8 Å². The Hall–Kier alpha value is -1.97. The van der Waals surface area contributed by atoms with Gasteiger partial charge < -0.3 is 15.6 Å². The highest BCUT2D eigenvalue weighted by molar-refractivity contribution is 7.89. The van der Waals surface area contributed by atoms with Gasteiger partial charge in [0.25, 0.3) is 0 Å². The highest BCUT2D eigenvalue weighted by atomic mass is 32.2. The van der Waals surface area contributed by atoms with Crippen LogP contribution < -0.4 is 11.1 Å². The van der Waals surface area contributed by atoms with Crippen LogP contribution in [-0.2, 0) is 28.3 Å². The van der Waals surface area contributed by atoms with Gasteiger partial charge in [-0.15, -0.1) is 0 Å². The van der Waals surface area contributed by atoms with Gasteiger partial charge in [0.15, 0.2) is 0 Å². The third-order valence-electron chi connectivity index (χ3n) is 4.94. The van der Waals surface area contributed by atoms with Crippen molar-refractivity contribution in [3.8, 4) is 0 Å². The van der Waals surface area contributed by atoms with Crippen LogP contribution in [0.25, 0.3) is 11.0 Å². The van der Waals surface area contributed by atoms with Crippen LogP contribution in [0.5, 0.6) is 0 Å². The van der Waals surface area contributed by atoms with Crippen LogP contribution in [0.2, 0.25) is 0 Å². The van der Waals surface area contributed by atoms with Crippen LogP contribution in [0.1, 0.15) is 31.5 Å². The van der Waals surface area contributed by atoms with E-state index in [1.54, 1.807) is 22.5 Å². The first-order chi connectivity index (χ1) is 12.9. The van der Waals surface area contributed by atoms with E-state index < -0.39 is 10.0 Å². The van der Waals surface area contributed by atoms with Crippen molar-refractivity contribution in [2.45, 2.75) is 37.0 Å². The lowest BCUT2D eigenvalue weighted by atomic mass is 10.2. The number of aromatic nitrogens is 2. The molecule has 0 unspecified atom stereocenters. The highest BCUT2D eigenvalue weighted by Crippen LogP contribution is 2.24. The van der Waals surface area contributed by atoms with E-state index in [0.717, 1.165) is 30.6 Å². The van der Waals surface area contributed by atoms with Crippen molar-refractivity contribution in [2.75, 3.05) is 26.2 Å². The molecule has 3 N–H and O–H groups in total. The van der Waals surface area contributed by atoms with Crippen molar-refractivity contribution in [1.29, 1.82) is 0 Å². The maximum Gasteiger partial charge on any atom is 0.243 e. The lowest BCUT2D eigenvalue weighted by Crippen LogP contribution is -2.35. The standard InChI is InChI=1S/C18H27N5O3S/c1-22-16-6-5-14(27(25,26)23-11-3-2-4-12-23)13-15(16)21-17(22)7-8-18(24)20-10-9-19/h5-6,13H,2-4,7-12,19H2,1H3,(H,20,24). The van der Waals surface area contributed by atoms with Crippen molar-refractivity contribution in [1.82, 2.24) is 19.2 Å². The van der Waals surface area contributed by atoms with E-state index >= 15 is 0 Å². The summed E-state index contributed by atoms with van der Waals surface area (Å²) >= 11 is 0. The minimum absolute atomic E-state index is 0.0686. The second-order valence-electron chi connectivity index (χ2n) is 6.84. The van der Waals surface area contributed by atoms with E-state index in [0.29, 0.717) is 44.5 Å². The van der Waals surface area contributed by atoms with Gasteiger partial charge in [0.1, 0.15) is 5.82 Å². The van der Waals surface area contributed by atoms with E-state index in [1.165, 1.54) is 0 Å². The SMILES string of the molecule is Cn1c(CCC(=O)NCCN)nc2cc(S(=O)(=O)N3CCCCC3)ccc21. The maximum absolute atomic E-state index is 12.9. The number of nitrogens with zero attached hydrogens (tertiary/aromatic N) is 3. The molecule has 3 rings (SSSR count). The molecule has 0 bridgehead atoms. The molecule has 8 nitrogen and oxygen atoms in total. The van der Waals surface area contributed by atoms with Crippen LogP contribution in [0, 0.1) is 0 Å². The molecule has 1 aliphatic rings. The number of imidazole rings is 1. The number of amides is 1. The Labute approximate surface area is 159 Å². The summed E-state index contributed by atoms with van der Waals surface area (Å²) in [6.45, 7) is 2.02. The topological polar surface area (TPSA) is 110 Å². The van der Waals surface area contributed by atoms with Gasteiger partial charge in [0.05, 0.1) is 15.9 Å². The monoisotopic (exact) mass is 393 g/mol. The molecule has 2 aromatic rings. The minimum Gasteiger partial charge on any atom is -0.355 e. The molecule has 0 spiro atoms. The molecular weight excluding hydrogens is 366 g/mol. The number of rotatable bonds is 7. The summed E-state index contributed by atoms with van der Waals surface area (Å²) in [5.41, 5.74) is 6.86. The van der Waals surface area contributed by atoms with Gasteiger partial charge >= 0.3 is 0 Å². The fraction of sp³-hybridized carbons (Fsp3) is 0.556. The molecule has 2 heterocycles. The summed E-state index contributed by atoms with van der Waals surface area (Å²) < 4.78 is 29.2. The van der Waals surface area contributed by atoms with Gasteiger partial charge in [-0.1, -0.05) is 6.42 Å². The molecule has 1 saturated heterocycles. The minimum atomic E-state index is -3.48. The van der Waals surface area contributed by atoms with Crippen LogP contribution in [0.15, 0.2) is 23.1 Å². The van der Waals surface area contributed by atoms with Crippen LogP contribution in [-0.4, -0.2) is 54.4 Å². The van der Waals surface area contributed by atoms with E-state index in [-0.39, 0.29) is 10.8 Å². The molecule has 0 aliphatic carbocycles. The zero-order valence-corrected chi connectivity index (χ0v) is 16.5. The van der Waals surface area contributed by atoms with Crippen LogP contribution >= 0.6 is 0 Å². The molecule has 0 radical (unpaired) electrons. The van der Waals surface area contributed by atoms with Crippen molar-refractivity contribution in [3.05, 3.63) is 24.0 Å². The van der Waals surface area contributed by atoms with Gasteiger partial charge in [-0.25, -0.2) is 13.4 Å². The van der Waals surface area contributed by atoms with Gasteiger partial charge in [0.2, 0.25) is 15.9 Å². The van der Waals surface area contributed by atoms with Crippen molar-refractivity contribution in [3.63, 3.8) is 0 Å². The molecule has 9 heteroatoms. The number of piperidine rings is 1. The average Bonchev–Trinajstić information content (AvgIpc) is 3.00. The molecule has 27 heavy (non-hydrogen) atoms. The molecule has 1 amide bonds. The Kier molecular flexibility index (Phi) is 6.13. The summed E-state index contributed by atoms with van der Waals surface area (Å²) in [6, 6.07) is 5.07. The summed E-state index contributed by atoms with van der Waals surface area (Å²) in [5, 5.41) is 2.74. The number of fused-ring (bicyclic) bond motifs is 1. The molecule has 0 saturated carbocycles. The lowest BCUT2D eigenvalue weighted by molar-refractivity contribution is -0.121. The first-order valence-electron chi connectivity index (χ1n) is 9.36. The second kappa shape index (κ2) is 8.37. The largest absolute Gasteiger partial charge is 0.355 e. The van der Waals surface area contributed by atoms with Gasteiger partial charge in [0, 0.05) is 46.1 Å². The number of nitrogens with two attached hydrogens (primary N) is 1. The van der Waals surface area contributed by atoms with Gasteiger partial charge in [-0.2, -0.15) is 4.31 Å². The Morgan fingerprint density at radius 1 is 1.26 bits per heavy atom. The second-order valence-corrected chi connectivity index (χ2v) is 8.78. The number of benzene rings is 1. The fourth-order valence-corrected chi connectivity index (χ4v) is 4.93. The summed E-state index contributed by atoms with van der Waals surface area (Å²) in [6.07, 6.45) is 3.68. The first kappa shape index (κ1) is 19.8. The van der Waals surface area contributed by atoms with E-state index in [4.69, 9.17) is 5.73 Å². The predicted octanol–water partition coefficient (Wildman–Crippen LogP) is 0.755. The zero-order chi connectivity index (χ0) is 19.4. The van der Waals surface area contributed by atoms with Gasteiger partial charge in [-0.3, -0.25) is 4.79 Å². The number of nitrogens with one attached hydrogen (secondary N) is 1. The molecule has 1 fully saturated rings. The van der Waals surface area contributed by atoms with Crippen LogP contribution in [0.3, 0.4) is 0 Å². The maximum atomic E-state index is 12.9. The molecular formula is C18H27N5O3S. The predicted molar refractivity (Wildman–Crippen MR) is 104 cm³/mol. The zero-order valence-electron chi connectivity index (χ0n) is 15.6. The number of hydrogen-bond acceptors (Lipinski definition) is 5. The first-order valence-corrected chi connectivity index (χ1v) is 10.8. The van der Waals surface area contributed by atoms with E-state index in [1.807, 2.05) is 11.6 Å². The average molecular weight is 394 g/mol. The van der Waals surface area contributed by atoms with E-state index in [2.05, 4.69) is 10.3 Å². The normalized spacial score (nSPS) is 15.9. The smallest absolute Gasteiger partial charge is 0.243 e. The fourth-order valence-electron chi connectivity index (χ4n) is 3.39. The Bertz CT molecular complexity index is 916. The molecule has 148 valence electrons. The number of carbonyl (C=O) groups is 1.